The van der Waals surface area contributed by atoms with Gasteiger partial charge in [-0.3, -0.25) is 4.90 Å². The van der Waals surface area contributed by atoms with Gasteiger partial charge >= 0.3 is 0 Å². The van der Waals surface area contributed by atoms with Gasteiger partial charge in [0.1, 0.15) is 5.75 Å². The number of hydrogen-bond acceptors (Lipinski definition) is 4. The molecule has 1 aromatic rings. The van der Waals surface area contributed by atoms with Crippen LogP contribution in [0.5, 0.6) is 5.75 Å². The summed E-state index contributed by atoms with van der Waals surface area (Å²) in [6.45, 7) is 11.3. The Morgan fingerprint density at radius 2 is 2.05 bits per heavy atom. The Balaban J connectivity index is 1.59. The van der Waals surface area contributed by atoms with E-state index in [0.717, 1.165) is 58.2 Å². The van der Waals surface area contributed by atoms with Crippen LogP contribution in [0.3, 0.4) is 0 Å². The molecular formula is C18H28N2O2. The molecule has 3 rings (SSSR count). The maximum Gasteiger partial charge on any atom is 0.124 e. The molecule has 22 heavy (non-hydrogen) atoms. The lowest BCUT2D eigenvalue weighted by Gasteiger charge is -2.30. The molecule has 0 bridgehead atoms. The van der Waals surface area contributed by atoms with Crippen molar-refractivity contribution in [3.63, 3.8) is 0 Å². The highest BCUT2D eigenvalue weighted by molar-refractivity contribution is 5.41. The zero-order valence-corrected chi connectivity index (χ0v) is 13.8. The highest BCUT2D eigenvalue weighted by atomic mass is 16.5. The molecule has 0 aliphatic carbocycles. The molecule has 0 amide bonds. The minimum absolute atomic E-state index is 0.420. The predicted molar refractivity (Wildman–Crippen MR) is 88.6 cm³/mol. The summed E-state index contributed by atoms with van der Waals surface area (Å²) in [4.78, 5) is 2.47. The summed E-state index contributed by atoms with van der Waals surface area (Å²) in [5.41, 5.74) is 2.73. The molecule has 0 aromatic heterocycles. The average Bonchev–Trinajstić information content (AvgIpc) is 2.55. The molecule has 0 spiro atoms. The summed E-state index contributed by atoms with van der Waals surface area (Å²) in [5.74, 6) is 1.61. The normalized spacial score (nSPS) is 22.4. The van der Waals surface area contributed by atoms with E-state index >= 15 is 0 Å². The second-order valence-electron chi connectivity index (χ2n) is 6.55. The number of nitrogens with one attached hydrogen (secondary N) is 1. The lowest BCUT2D eigenvalue weighted by atomic mass is 9.94. The minimum atomic E-state index is 0.420. The molecule has 1 aromatic carbocycles. The zero-order valence-electron chi connectivity index (χ0n) is 13.8. The van der Waals surface area contributed by atoms with Gasteiger partial charge in [0.25, 0.3) is 0 Å². The molecule has 0 saturated carbocycles. The summed E-state index contributed by atoms with van der Waals surface area (Å²) < 4.78 is 11.2. The van der Waals surface area contributed by atoms with Crippen molar-refractivity contribution in [1.82, 2.24) is 10.2 Å². The maximum absolute atomic E-state index is 5.82. The minimum Gasteiger partial charge on any atom is -0.493 e. The first-order valence-corrected chi connectivity index (χ1v) is 8.54. The van der Waals surface area contributed by atoms with E-state index in [1.165, 1.54) is 11.1 Å². The first kappa shape index (κ1) is 15.8. The molecule has 1 unspecified atom stereocenters. The Labute approximate surface area is 133 Å². The molecule has 1 atom stereocenters. The highest BCUT2D eigenvalue weighted by Gasteiger charge is 2.22. The fourth-order valence-corrected chi connectivity index (χ4v) is 3.21. The summed E-state index contributed by atoms with van der Waals surface area (Å²) in [7, 11) is 0. The standard InChI is InChI=1S/C18H28N2O2/c1-14(2)15-3-4-18-16(13-15)17(5-10-22-18)19-6-7-20-8-11-21-12-9-20/h3-4,13-14,17,19H,5-12H2,1-2H3. The van der Waals surface area contributed by atoms with Crippen LogP contribution in [0, 0.1) is 0 Å². The van der Waals surface area contributed by atoms with Gasteiger partial charge in [0.15, 0.2) is 0 Å². The maximum atomic E-state index is 5.82. The van der Waals surface area contributed by atoms with Crippen LogP contribution in [0.25, 0.3) is 0 Å². The molecule has 4 heteroatoms. The second-order valence-corrected chi connectivity index (χ2v) is 6.55. The Bertz CT molecular complexity index is 484. The van der Waals surface area contributed by atoms with Crippen molar-refractivity contribution in [3.8, 4) is 5.75 Å². The Morgan fingerprint density at radius 3 is 2.82 bits per heavy atom. The van der Waals surface area contributed by atoms with Crippen LogP contribution >= 0.6 is 0 Å². The number of fused-ring (bicyclic) bond motifs is 1. The molecule has 122 valence electrons. The van der Waals surface area contributed by atoms with Crippen LogP contribution in [0.15, 0.2) is 18.2 Å². The highest BCUT2D eigenvalue weighted by Crippen LogP contribution is 2.34. The van der Waals surface area contributed by atoms with Gasteiger partial charge in [-0.25, -0.2) is 0 Å². The van der Waals surface area contributed by atoms with Crippen molar-refractivity contribution < 1.29 is 9.47 Å². The van der Waals surface area contributed by atoms with Gasteiger partial charge in [0.05, 0.1) is 19.8 Å². The molecule has 1 N–H and O–H groups in total. The van der Waals surface area contributed by atoms with Gasteiger partial charge in [-0.1, -0.05) is 26.0 Å². The number of rotatable bonds is 5. The average molecular weight is 304 g/mol. The fourth-order valence-electron chi connectivity index (χ4n) is 3.21. The molecule has 2 aliphatic heterocycles. The largest absolute Gasteiger partial charge is 0.493 e. The molecule has 1 saturated heterocycles. The van der Waals surface area contributed by atoms with Gasteiger partial charge < -0.3 is 14.8 Å². The van der Waals surface area contributed by atoms with Crippen molar-refractivity contribution in [2.24, 2.45) is 0 Å². The number of morpholine rings is 1. The van der Waals surface area contributed by atoms with Crippen LogP contribution in [-0.2, 0) is 4.74 Å². The third kappa shape index (κ3) is 3.80. The van der Waals surface area contributed by atoms with Crippen molar-refractivity contribution in [2.45, 2.75) is 32.2 Å². The first-order chi connectivity index (χ1) is 10.7. The second kappa shape index (κ2) is 7.44. The van der Waals surface area contributed by atoms with Crippen molar-refractivity contribution in [3.05, 3.63) is 29.3 Å². The van der Waals surface area contributed by atoms with Crippen molar-refractivity contribution >= 4 is 0 Å². The van der Waals surface area contributed by atoms with E-state index in [4.69, 9.17) is 9.47 Å². The number of benzene rings is 1. The van der Waals surface area contributed by atoms with E-state index in [0.29, 0.717) is 12.0 Å². The van der Waals surface area contributed by atoms with Crippen LogP contribution in [0.4, 0.5) is 0 Å². The van der Waals surface area contributed by atoms with E-state index in [1.807, 2.05) is 0 Å². The Morgan fingerprint density at radius 1 is 1.23 bits per heavy atom. The molecule has 2 aliphatic rings. The van der Waals surface area contributed by atoms with E-state index < -0.39 is 0 Å². The Kier molecular flexibility index (Phi) is 5.34. The van der Waals surface area contributed by atoms with Crippen LogP contribution in [0.2, 0.25) is 0 Å². The molecule has 2 heterocycles. The number of nitrogens with zero attached hydrogens (tertiary/aromatic N) is 1. The summed E-state index contributed by atoms with van der Waals surface area (Å²) in [5, 5.41) is 3.73. The molecule has 1 fully saturated rings. The quantitative estimate of drug-likeness (QED) is 0.906. The van der Waals surface area contributed by atoms with Gasteiger partial charge in [0.2, 0.25) is 0 Å². The van der Waals surface area contributed by atoms with Gasteiger partial charge in [-0.15, -0.1) is 0 Å². The monoisotopic (exact) mass is 304 g/mol. The lowest BCUT2D eigenvalue weighted by molar-refractivity contribution is 0.0379. The molecular weight excluding hydrogens is 276 g/mol. The predicted octanol–water partition coefficient (Wildman–Crippen LogP) is 2.56. The summed E-state index contributed by atoms with van der Waals surface area (Å²) >= 11 is 0. The van der Waals surface area contributed by atoms with Gasteiger partial charge in [0, 0.05) is 44.2 Å². The van der Waals surface area contributed by atoms with Crippen LogP contribution in [-0.4, -0.2) is 50.9 Å². The summed E-state index contributed by atoms with van der Waals surface area (Å²) in [6, 6.07) is 7.08. The summed E-state index contributed by atoms with van der Waals surface area (Å²) in [6.07, 6.45) is 1.05. The van der Waals surface area contributed by atoms with Crippen LogP contribution in [0.1, 0.15) is 43.4 Å². The third-order valence-electron chi connectivity index (χ3n) is 4.66. The van der Waals surface area contributed by atoms with E-state index in [1.54, 1.807) is 0 Å². The third-order valence-corrected chi connectivity index (χ3v) is 4.66. The molecule has 4 nitrogen and oxygen atoms in total. The lowest BCUT2D eigenvalue weighted by Crippen LogP contribution is -2.41. The van der Waals surface area contributed by atoms with E-state index in [-0.39, 0.29) is 0 Å². The topological polar surface area (TPSA) is 33.7 Å². The van der Waals surface area contributed by atoms with E-state index in [9.17, 15) is 0 Å². The number of ether oxygens (including phenoxy) is 2. The Hall–Kier alpha value is -1.10. The van der Waals surface area contributed by atoms with Crippen molar-refractivity contribution in [1.29, 1.82) is 0 Å². The van der Waals surface area contributed by atoms with E-state index in [2.05, 4.69) is 42.3 Å². The van der Waals surface area contributed by atoms with Gasteiger partial charge in [-0.2, -0.15) is 0 Å². The van der Waals surface area contributed by atoms with Gasteiger partial charge in [-0.05, 0) is 17.5 Å². The SMILES string of the molecule is CC(C)c1ccc2c(c1)C(NCCN1CCOCC1)CCO2. The fraction of sp³-hybridized carbons (Fsp3) is 0.667. The smallest absolute Gasteiger partial charge is 0.124 e. The van der Waals surface area contributed by atoms with Crippen molar-refractivity contribution in [2.75, 3.05) is 46.0 Å². The zero-order chi connectivity index (χ0) is 15.4. The number of hydrogen-bond donors (Lipinski definition) is 1. The molecule has 0 radical (unpaired) electrons. The van der Waals surface area contributed by atoms with Crippen LogP contribution < -0.4 is 10.1 Å². The first-order valence-electron chi connectivity index (χ1n) is 8.54.